The Morgan fingerprint density at radius 3 is 2.88 bits per heavy atom. The highest BCUT2D eigenvalue weighted by molar-refractivity contribution is 5.95. The molecule has 2 aromatic carbocycles. The molecule has 0 spiro atoms. The number of nitrogen functional groups attached to an aromatic ring is 1. The molecule has 0 bridgehead atoms. The first kappa shape index (κ1) is 14.9. The molecule has 0 saturated heterocycles. The second-order valence-electron chi connectivity index (χ2n) is 5.49. The summed E-state index contributed by atoms with van der Waals surface area (Å²) >= 11 is 0. The van der Waals surface area contributed by atoms with Crippen LogP contribution in [-0.2, 0) is 0 Å². The van der Waals surface area contributed by atoms with E-state index in [9.17, 15) is 0 Å². The molecule has 7 heteroatoms. The molecule has 2 heterocycles. The van der Waals surface area contributed by atoms with Crippen LogP contribution in [0.5, 0.6) is 5.75 Å². The van der Waals surface area contributed by atoms with E-state index >= 15 is 0 Å². The summed E-state index contributed by atoms with van der Waals surface area (Å²) < 4.78 is 5.30. The Balaban J connectivity index is 1.74. The fraction of sp³-hybridized carbons (Fsp3) is 0.0556. The zero-order valence-corrected chi connectivity index (χ0v) is 13.5. The van der Waals surface area contributed by atoms with Gasteiger partial charge in [-0.05, 0) is 36.4 Å². The first-order chi connectivity index (χ1) is 12.2. The van der Waals surface area contributed by atoms with Crippen molar-refractivity contribution in [2.24, 2.45) is 0 Å². The summed E-state index contributed by atoms with van der Waals surface area (Å²) in [5.74, 6) is 1.66. The number of hydrogen-bond acceptors (Lipinski definition) is 6. The van der Waals surface area contributed by atoms with Gasteiger partial charge in [-0.15, -0.1) is 0 Å². The Hall–Kier alpha value is -3.61. The van der Waals surface area contributed by atoms with Crippen molar-refractivity contribution >= 4 is 28.4 Å². The number of nitrogens with zero attached hydrogens (tertiary/aromatic N) is 3. The van der Waals surface area contributed by atoms with Crippen molar-refractivity contribution in [2.75, 3.05) is 18.2 Å². The van der Waals surface area contributed by atoms with E-state index in [0.29, 0.717) is 5.82 Å². The highest BCUT2D eigenvalue weighted by Gasteiger charge is 2.10. The molecule has 25 heavy (non-hydrogen) atoms. The molecular formula is C18H16N6O. The molecule has 4 rings (SSSR count). The maximum atomic E-state index is 5.62. The molecule has 0 unspecified atom stereocenters. The minimum absolute atomic E-state index is 0.228. The molecule has 4 N–H and O–H groups in total. The molecule has 0 aliphatic carbocycles. The zero-order chi connectivity index (χ0) is 17.2. The summed E-state index contributed by atoms with van der Waals surface area (Å²) in [6.45, 7) is 0. The van der Waals surface area contributed by atoms with Crippen molar-refractivity contribution in [3.8, 4) is 17.0 Å². The van der Waals surface area contributed by atoms with Gasteiger partial charge >= 0.3 is 0 Å². The van der Waals surface area contributed by atoms with Gasteiger partial charge in [-0.25, -0.2) is 4.98 Å². The lowest BCUT2D eigenvalue weighted by Gasteiger charge is -2.06. The average Bonchev–Trinajstić information content (AvgIpc) is 3.05. The summed E-state index contributed by atoms with van der Waals surface area (Å²) in [5, 5.41) is 11.7. The van der Waals surface area contributed by atoms with Gasteiger partial charge in [-0.2, -0.15) is 10.1 Å². The monoisotopic (exact) mass is 332 g/mol. The van der Waals surface area contributed by atoms with Gasteiger partial charge in [0.15, 0.2) is 0 Å². The Labute approximate surface area is 143 Å². The van der Waals surface area contributed by atoms with Crippen LogP contribution >= 0.6 is 0 Å². The van der Waals surface area contributed by atoms with Gasteiger partial charge in [0, 0.05) is 22.8 Å². The van der Waals surface area contributed by atoms with Gasteiger partial charge in [0.2, 0.25) is 5.95 Å². The largest absolute Gasteiger partial charge is 0.497 e. The topological polar surface area (TPSA) is 102 Å². The molecule has 0 radical (unpaired) electrons. The van der Waals surface area contributed by atoms with Crippen molar-refractivity contribution in [2.45, 2.75) is 0 Å². The molecule has 0 aliphatic rings. The fourth-order valence-electron chi connectivity index (χ4n) is 2.67. The predicted octanol–water partition coefficient (Wildman–Crippen LogP) is 3.35. The van der Waals surface area contributed by atoms with E-state index in [4.69, 9.17) is 10.5 Å². The Kier molecular flexibility index (Phi) is 3.66. The van der Waals surface area contributed by atoms with Gasteiger partial charge in [0.25, 0.3) is 0 Å². The molecule has 2 aromatic heterocycles. The van der Waals surface area contributed by atoms with Crippen molar-refractivity contribution in [1.82, 2.24) is 20.2 Å². The summed E-state index contributed by atoms with van der Waals surface area (Å²) in [6, 6.07) is 15.5. The number of H-pyrrole nitrogens is 1. The standard InChI is InChI=1S/C18H16N6O/c1-25-13-4-2-3-11(9-13)17-14-10-12(5-6-15(14)23-24-17)21-16-7-8-20-18(19)22-16/h2-10H,1H3,(H,23,24)(H3,19,20,21,22). The van der Waals surface area contributed by atoms with Crippen LogP contribution in [0.25, 0.3) is 22.2 Å². The quantitative estimate of drug-likeness (QED) is 0.530. The van der Waals surface area contributed by atoms with E-state index in [-0.39, 0.29) is 5.95 Å². The Morgan fingerprint density at radius 1 is 1.12 bits per heavy atom. The molecule has 4 aromatic rings. The minimum atomic E-state index is 0.228. The summed E-state index contributed by atoms with van der Waals surface area (Å²) in [6.07, 6.45) is 1.61. The smallest absolute Gasteiger partial charge is 0.221 e. The molecule has 0 amide bonds. The second-order valence-corrected chi connectivity index (χ2v) is 5.49. The first-order valence-electron chi connectivity index (χ1n) is 7.71. The fourth-order valence-corrected chi connectivity index (χ4v) is 2.67. The Morgan fingerprint density at radius 2 is 2.04 bits per heavy atom. The second kappa shape index (κ2) is 6.12. The number of rotatable bonds is 4. The third-order valence-electron chi connectivity index (χ3n) is 3.85. The third kappa shape index (κ3) is 2.94. The lowest BCUT2D eigenvalue weighted by Crippen LogP contribution is -1.98. The van der Waals surface area contributed by atoms with Crippen LogP contribution in [0.3, 0.4) is 0 Å². The van der Waals surface area contributed by atoms with Crippen molar-refractivity contribution < 1.29 is 4.74 Å². The van der Waals surface area contributed by atoms with Crippen molar-refractivity contribution in [3.63, 3.8) is 0 Å². The zero-order valence-electron chi connectivity index (χ0n) is 13.5. The molecular weight excluding hydrogens is 316 g/mol. The van der Waals surface area contributed by atoms with E-state index in [1.807, 2.05) is 42.5 Å². The highest BCUT2D eigenvalue weighted by Crippen LogP contribution is 2.31. The summed E-state index contributed by atoms with van der Waals surface area (Å²) in [5.41, 5.74) is 9.30. The number of hydrogen-bond donors (Lipinski definition) is 3. The number of nitrogens with one attached hydrogen (secondary N) is 2. The van der Waals surface area contributed by atoms with Crippen molar-refractivity contribution in [1.29, 1.82) is 0 Å². The van der Waals surface area contributed by atoms with Gasteiger partial charge in [-0.3, -0.25) is 5.10 Å². The third-order valence-corrected chi connectivity index (χ3v) is 3.85. The number of anilines is 3. The number of fused-ring (bicyclic) bond motifs is 1. The maximum Gasteiger partial charge on any atom is 0.221 e. The lowest BCUT2D eigenvalue weighted by molar-refractivity contribution is 0.415. The number of ether oxygens (including phenoxy) is 1. The van der Waals surface area contributed by atoms with E-state index in [0.717, 1.165) is 33.6 Å². The molecule has 124 valence electrons. The Bertz CT molecular complexity index is 1040. The molecule has 0 saturated carbocycles. The van der Waals surface area contributed by atoms with Crippen LogP contribution in [0.15, 0.2) is 54.7 Å². The van der Waals surface area contributed by atoms with Crippen LogP contribution in [0, 0.1) is 0 Å². The average molecular weight is 332 g/mol. The van der Waals surface area contributed by atoms with E-state index < -0.39 is 0 Å². The van der Waals surface area contributed by atoms with Crippen LogP contribution in [0.4, 0.5) is 17.5 Å². The molecule has 0 atom stereocenters. The number of methoxy groups -OCH3 is 1. The maximum absolute atomic E-state index is 5.62. The number of aromatic nitrogens is 4. The highest BCUT2D eigenvalue weighted by atomic mass is 16.5. The summed E-state index contributed by atoms with van der Waals surface area (Å²) in [4.78, 5) is 8.05. The van der Waals surface area contributed by atoms with Crippen molar-refractivity contribution in [3.05, 3.63) is 54.7 Å². The van der Waals surface area contributed by atoms with Crippen LogP contribution in [0.2, 0.25) is 0 Å². The van der Waals surface area contributed by atoms with Crippen LogP contribution in [-0.4, -0.2) is 27.3 Å². The van der Waals surface area contributed by atoms with E-state index in [2.05, 4.69) is 25.5 Å². The number of nitrogens with two attached hydrogens (primary N) is 1. The van der Waals surface area contributed by atoms with Gasteiger partial charge in [0.1, 0.15) is 17.3 Å². The van der Waals surface area contributed by atoms with E-state index in [1.165, 1.54) is 0 Å². The molecule has 0 fully saturated rings. The lowest BCUT2D eigenvalue weighted by atomic mass is 10.1. The predicted molar refractivity (Wildman–Crippen MR) is 97.8 cm³/mol. The van der Waals surface area contributed by atoms with Crippen LogP contribution in [0.1, 0.15) is 0 Å². The van der Waals surface area contributed by atoms with Gasteiger partial charge < -0.3 is 15.8 Å². The minimum Gasteiger partial charge on any atom is -0.497 e. The van der Waals surface area contributed by atoms with E-state index in [1.54, 1.807) is 19.4 Å². The molecule has 0 aliphatic heterocycles. The number of aromatic amines is 1. The summed E-state index contributed by atoms with van der Waals surface area (Å²) in [7, 11) is 1.65. The molecule has 7 nitrogen and oxygen atoms in total. The normalized spacial score (nSPS) is 10.8. The number of benzene rings is 2. The van der Waals surface area contributed by atoms with Gasteiger partial charge in [0.05, 0.1) is 12.6 Å². The van der Waals surface area contributed by atoms with Crippen LogP contribution < -0.4 is 15.8 Å². The first-order valence-corrected chi connectivity index (χ1v) is 7.71. The van der Waals surface area contributed by atoms with Gasteiger partial charge in [-0.1, -0.05) is 12.1 Å². The SMILES string of the molecule is COc1cccc(-c2n[nH]c3ccc(Nc4ccnc(N)n4)cc23)c1.